The second-order valence-electron chi connectivity index (χ2n) is 10.8. The number of aromatic nitrogens is 2. The second kappa shape index (κ2) is 13.4. The maximum atomic E-state index is 13.6. The molecule has 3 rings (SSSR count). The summed E-state index contributed by atoms with van der Waals surface area (Å²) in [5.74, 6) is 1.90. The lowest BCUT2D eigenvalue weighted by atomic mass is 9.84. The number of benzene rings is 2. The lowest BCUT2D eigenvalue weighted by molar-refractivity contribution is -0.116. The number of unbranched alkanes of at least 4 members (excludes halogenated alkanes) is 2. The third-order valence-corrected chi connectivity index (χ3v) is 6.87. The first-order valence-electron chi connectivity index (χ1n) is 13.4. The molecule has 2 aromatic carbocycles. The van der Waals surface area contributed by atoms with Gasteiger partial charge in [-0.1, -0.05) is 59.1 Å². The Kier molecular flexibility index (Phi) is 10.2. The molecule has 1 aromatic heterocycles. The predicted octanol–water partition coefficient (Wildman–Crippen LogP) is 7.02. The lowest BCUT2D eigenvalue weighted by Gasteiger charge is -2.25. The van der Waals surface area contributed by atoms with Crippen LogP contribution in [-0.4, -0.2) is 37.4 Å². The van der Waals surface area contributed by atoms with E-state index in [4.69, 9.17) is 14.2 Å². The molecule has 3 aromatic rings. The van der Waals surface area contributed by atoms with Gasteiger partial charge in [0.1, 0.15) is 17.2 Å². The summed E-state index contributed by atoms with van der Waals surface area (Å²) in [5, 5.41) is 10.3. The number of hydrogen-bond donors (Lipinski definition) is 2. The predicted molar refractivity (Wildman–Crippen MR) is 153 cm³/mol. The quantitative estimate of drug-likeness (QED) is 0.236. The van der Waals surface area contributed by atoms with Gasteiger partial charge in [0.15, 0.2) is 0 Å². The fourth-order valence-corrected chi connectivity index (χ4v) is 4.91. The molecule has 0 aliphatic heterocycles. The van der Waals surface area contributed by atoms with Gasteiger partial charge in [-0.25, -0.2) is 0 Å². The number of H-pyrrole nitrogens is 1. The summed E-state index contributed by atoms with van der Waals surface area (Å²) < 4.78 is 16.9. The summed E-state index contributed by atoms with van der Waals surface area (Å²) in [5.41, 5.74) is 4.86. The minimum absolute atomic E-state index is 0.0318. The van der Waals surface area contributed by atoms with Crippen molar-refractivity contribution in [1.29, 1.82) is 0 Å². The van der Waals surface area contributed by atoms with Crippen molar-refractivity contribution in [1.82, 2.24) is 10.2 Å². The lowest BCUT2D eigenvalue weighted by Crippen LogP contribution is -2.21. The number of aromatic amines is 1. The molecule has 0 spiro atoms. The van der Waals surface area contributed by atoms with E-state index in [0.717, 1.165) is 53.8 Å². The van der Waals surface area contributed by atoms with Gasteiger partial charge >= 0.3 is 0 Å². The highest BCUT2D eigenvalue weighted by atomic mass is 16.5. The number of anilines is 1. The topological polar surface area (TPSA) is 85.5 Å². The summed E-state index contributed by atoms with van der Waals surface area (Å²) in [6, 6.07) is 12.0. The first-order valence-corrected chi connectivity index (χ1v) is 13.4. The number of rotatable bonds is 13. The molecule has 206 valence electrons. The zero-order valence-electron chi connectivity index (χ0n) is 23.9. The van der Waals surface area contributed by atoms with Gasteiger partial charge in [-0.2, -0.15) is 5.10 Å². The molecule has 0 saturated heterocycles. The molecule has 1 unspecified atom stereocenters. The normalized spacial score (nSPS) is 12.2. The van der Waals surface area contributed by atoms with Crippen LogP contribution in [0.3, 0.4) is 0 Å². The third-order valence-electron chi connectivity index (χ3n) is 6.87. The highest BCUT2D eigenvalue weighted by molar-refractivity contribution is 5.92. The van der Waals surface area contributed by atoms with E-state index >= 15 is 0 Å². The minimum atomic E-state index is -0.127. The molecular weight excluding hydrogens is 478 g/mol. The number of amides is 1. The Morgan fingerprint density at radius 3 is 2.26 bits per heavy atom. The van der Waals surface area contributed by atoms with Crippen molar-refractivity contribution in [3.05, 3.63) is 65.0 Å². The van der Waals surface area contributed by atoms with E-state index in [0.29, 0.717) is 30.1 Å². The molecule has 0 bridgehead atoms. The van der Waals surface area contributed by atoms with E-state index in [1.807, 2.05) is 18.2 Å². The maximum absolute atomic E-state index is 13.6. The zero-order valence-corrected chi connectivity index (χ0v) is 23.9. The van der Waals surface area contributed by atoms with E-state index in [-0.39, 0.29) is 17.2 Å². The number of nitrogens with zero attached hydrogens (tertiary/aromatic N) is 1. The van der Waals surface area contributed by atoms with Crippen LogP contribution in [0, 0.1) is 0 Å². The van der Waals surface area contributed by atoms with Crippen molar-refractivity contribution >= 4 is 11.6 Å². The first-order chi connectivity index (χ1) is 18.2. The Hall–Kier alpha value is -3.48. The van der Waals surface area contributed by atoms with Gasteiger partial charge in [-0.05, 0) is 41.0 Å². The van der Waals surface area contributed by atoms with Crippen LogP contribution in [0.1, 0.15) is 88.1 Å². The van der Waals surface area contributed by atoms with Crippen LogP contribution in [-0.2, 0) is 16.6 Å². The molecule has 7 heteroatoms. The van der Waals surface area contributed by atoms with Crippen LogP contribution >= 0.6 is 0 Å². The van der Waals surface area contributed by atoms with E-state index in [9.17, 15) is 4.79 Å². The number of carbonyl (C=O) groups excluding carboxylic acids is 1. The highest BCUT2D eigenvalue weighted by Gasteiger charge is 2.26. The van der Waals surface area contributed by atoms with Crippen molar-refractivity contribution in [2.75, 3.05) is 26.6 Å². The summed E-state index contributed by atoms with van der Waals surface area (Å²) >= 11 is 0. The highest BCUT2D eigenvalue weighted by Crippen LogP contribution is 2.43. The molecule has 38 heavy (non-hydrogen) atoms. The molecule has 0 aliphatic carbocycles. The average Bonchev–Trinajstić information content (AvgIpc) is 3.39. The maximum Gasteiger partial charge on any atom is 0.224 e. The fraction of sp³-hybridized carbons (Fsp3) is 0.484. The minimum Gasteiger partial charge on any atom is -0.496 e. The third kappa shape index (κ3) is 7.53. The van der Waals surface area contributed by atoms with Crippen molar-refractivity contribution in [2.45, 2.75) is 77.6 Å². The first kappa shape index (κ1) is 29.1. The number of hydrogen-bond acceptors (Lipinski definition) is 5. The van der Waals surface area contributed by atoms with Crippen LogP contribution in [0.25, 0.3) is 0 Å². The zero-order chi connectivity index (χ0) is 27.7. The number of nitrogens with one attached hydrogen (secondary N) is 2. The molecule has 1 heterocycles. The summed E-state index contributed by atoms with van der Waals surface area (Å²) in [6.07, 6.45) is 6.86. The molecule has 7 nitrogen and oxygen atoms in total. The van der Waals surface area contributed by atoms with Crippen LogP contribution in [0.2, 0.25) is 0 Å². The van der Waals surface area contributed by atoms with Gasteiger partial charge in [0.2, 0.25) is 5.91 Å². The van der Waals surface area contributed by atoms with Crippen molar-refractivity contribution < 1.29 is 19.0 Å². The van der Waals surface area contributed by atoms with Gasteiger partial charge in [-0.15, -0.1) is 0 Å². The number of carbonyl (C=O) groups is 1. The molecule has 0 saturated carbocycles. The molecule has 0 fully saturated rings. The van der Waals surface area contributed by atoms with Gasteiger partial charge in [0.05, 0.1) is 21.3 Å². The summed E-state index contributed by atoms with van der Waals surface area (Å²) in [7, 11) is 4.90. The van der Waals surface area contributed by atoms with Crippen molar-refractivity contribution in [3.63, 3.8) is 0 Å². The monoisotopic (exact) mass is 521 g/mol. The smallest absolute Gasteiger partial charge is 0.224 e. The van der Waals surface area contributed by atoms with E-state index in [1.165, 1.54) is 0 Å². The molecular formula is C31H43N3O4. The van der Waals surface area contributed by atoms with E-state index in [2.05, 4.69) is 61.4 Å². The van der Waals surface area contributed by atoms with Crippen LogP contribution in [0.4, 0.5) is 5.69 Å². The Bertz CT molecular complexity index is 1160. The van der Waals surface area contributed by atoms with Crippen LogP contribution < -0.4 is 19.5 Å². The molecule has 0 radical (unpaired) electrons. The van der Waals surface area contributed by atoms with Crippen molar-refractivity contribution in [3.8, 4) is 17.2 Å². The Balaban J connectivity index is 1.92. The summed E-state index contributed by atoms with van der Waals surface area (Å²) in [4.78, 5) is 13.6. The second-order valence-corrected chi connectivity index (χ2v) is 10.8. The molecule has 2 N–H and O–H groups in total. The van der Waals surface area contributed by atoms with E-state index < -0.39 is 0 Å². The standard InChI is InChI=1S/C31H43N3O4/c1-8-9-10-11-22(30-27(37-6)19-24(36-5)20-28(30)38-7)18-29(35)33-26-17-21(16-23-14-15-32-34-23)12-13-25(26)31(2,3)4/h12-15,17,19-20,22H,8-11,16,18H2,1-7H3,(H,32,34)(H,33,35). The molecule has 0 aliphatic rings. The van der Waals surface area contributed by atoms with Gasteiger partial charge < -0.3 is 19.5 Å². The van der Waals surface area contributed by atoms with Crippen LogP contribution in [0.5, 0.6) is 17.2 Å². The number of ether oxygens (including phenoxy) is 3. The molecule has 1 atom stereocenters. The SMILES string of the molecule is CCCCCC(CC(=O)Nc1cc(Cc2ccn[nH]2)ccc1C(C)(C)C)c1c(OC)cc(OC)cc1OC. The van der Waals surface area contributed by atoms with Gasteiger partial charge in [0.25, 0.3) is 0 Å². The van der Waals surface area contributed by atoms with E-state index in [1.54, 1.807) is 27.5 Å². The number of methoxy groups -OCH3 is 3. The fourth-order valence-electron chi connectivity index (χ4n) is 4.91. The Morgan fingerprint density at radius 1 is 1.00 bits per heavy atom. The van der Waals surface area contributed by atoms with Crippen LogP contribution in [0.15, 0.2) is 42.6 Å². The largest absolute Gasteiger partial charge is 0.496 e. The Labute approximate surface area is 227 Å². The van der Waals surface area contributed by atoms with Gasteiger partial charge in [0, 0.05) is 48.1 Å². The molecule has 1 amide bonds. The van der Waals surface area contributed by atoms with Gasteiger partial charge in [-0.3, -0.25) is 9.89 Å². The average molecular weight is 522 g/mol. The summed E-state index contributed by atoms with van der Waals surface area (Å²) in [6.45, 7) is 8.66. The Morgan fingerprint density at radius 2 is 1.71 bits per heavy atom. The van der Waals surface area contributed by atoms with Crippen molar-refractivity contribution in [2.24, 2.45) is 0 Å².